The quantitative estimate of drug-likeness (QED) is 0.501. The first-order valence-corrected chi connectivity index (χ1v) is 8.03. The molecule has 0 unspecified atom stereocenters. The second kappa shape index (κ2) is 9.81. The van der Waals surface area contributed by atoms with Crippen LogP contribution in [-0.2, 0) is 9.47 Å². The van der Waals surface area contributed by atoms with E-state index in [0.717, 1.165) is 16.9 Å². The van der Waals surface area contributed by atoms with Crippen LogP contribution in [0.4, 0.5) is 4.39 Å². The summed E-state index contributed by atoms with van der Waals surface area (Å²) in [7, 11) is 3.16. The summed E-state index contributed by atoms with van der Waals surface area (Å²) in [5, 5.41) is 0. The van der Waals surface area contributed by atoms with E-state index < -0.39 is 0 Å². The molecule has 0 amide bonds. The molecule has 0 N–H and O–H groups in total. The van der Waals surface area contributed by atoms with Crippen molar-refractivity contribution in [2.45, 2.75) is 6.92 Å². The van der Waals surface area contributed by atoms with E-state index >= 15 is 0 Å². The van der Waals surface area contributed by atoms with E-state index in [1.165, 1.54) is 12.1 Å². The van der Waals surface area contributed by atoms with Crippen LogP contribution in [0.5, 0.6) is 11.5 Å². The molecule has 0 aliphatic rings. The number of hydrogen-bond donors (Lipinski definition) is 0. The highest BCUT2D eigenvalue weighted by atomic mass is 19.1. The van der Waals surface area contributed by atoms with Crippen LogP contribution in [0, 0.1) is 5.82 Å². The highest BCUT2D eigenvalue weighted by molar-refractivity contribution is 5.83. The lowest BCUT2D eigenvalue weighted by Gasteiger charge is -2.15. The lowest BCUT2D eigenvalue weighted by molar-refractivity contribution is 0.0509. The summed E-state index contributed by atoms with van der Waals surface area (Å²) in [4.78, 5) is 0. The Labute approximate surface area is 147 Å². The maximum Gasteiger partial charge on any atom is 0.188 e. The van der Waals surface area contributed by atoms with Crippen molar-refractivity contribution in [3.8, 4) is 11.5 Å². The van der Waals surface area contributed by atoms with Crippen molar-refractivity contribution in [2.75, 3.05) is 34.2 Å². The van der Waals surface area contributed by atoms with Crippen molar-refractivity contribution >= 4 is 5.57 Å². The van der Waals surface area contributed by atoms with Gasteiger partial charge in [0, 0.05) is 19.3 Å². The fraction of sp³-hybridized carbons (Fsp3) is 0.300. The fourth-order valence-electron chi connectivity index (χ4n) is 2.37. The zero-order valence-electron chi connectivity index (χ0n) is 14.8. The Kier molecular flexibility index (Phi) is 7.44. The van der Waals surface area contributed by atoms with E-state index in [0.29, 0.717) is 24.5 Å². The number of halogens is 1. The summed E-state index contributed by atoms with van der Waals surface area (Å²) in [6, 6.07) is 12.0. The number of rotatable bonds is 9. The lowest BCUT2D eigenvalue weighted by Crippen LogP contribution is -2.03. The molecule has 0 radical (unpaired) electrons. The van der Waals surface area contributed by atoms with Crippen LogP contribution < -0.4 is 9.47 Å². The summed E-state index contributed by atoms with van der Waals surface area (Å²) in [6.45, 7) is 3.02. The normalized spacial score (nSPS) is 11.4. The van der Waals surface area contributed by atoms with Crippen LogP contribution in [0.2, 0.25) is 0 Å². The average molecular weight is 346 g/mol. The van der Waals surface area contributed by atoms with Crippen LogP contribution in [0.15, 0.2) is 48.5 Å². The Morgan fingerprint density at radius 2 is 1.84 bits per heavy atom. The smallest absolute Gasteiger partial charge is 0.188 e. The second-order valence-electron chi connectivity index (χ2n) is 5.20. The second-order valence-corrected chi connectivity index (χ2v) is 5.20. The Bertz CT molecular complexity index is 695. The van der Waals surface area contributed by atoms with Crippen LogP contribution in [0.1, 0.15) is 18.1 Å². The van der Waals surface area contributed by atoms with Crippen molar-refractivity contribution in [1.29, 1.82) is 0 Å². The molecule has 4 nitrogen and oxygen atoms in total. The summed E-state index contributed by atoms with van der Waals surface area (Å²) in [5.41, 5.74) is 2.37. The minimum atomic E-state index is -0.337. The molecule has 0 bridgehead atoms. The first-order chi connectivity index (χ1) is 12.2. The van der Waals surface area contributed by atoms with E-state index in [-0.39, 0.29) is 12.6 Å². The van der Waals surface area contributed by atoms with Gasteiger partial charge in [0.2, 0.25) is 0 Å². The van der Waals surface area contributed by atoms with Crippen LogP contribution in [0.3, 0.4) is 0 Å². The molecule has 5 heteroatoms. The van der Waals surface area contributed by atoms with E-state index in [4.69, 9.17) is 18.9 Å². The topological polar surface area (TPSA) is 36.9 Å². The van der Waals surface area contributed by atoms with Gasteiger partial charge in [-0.3, -0.25) is 0 Å². The average Bonchev–Trinajstić information content (AvgIpc) is 2.64. The predicted octanol–water partition coefficient (Wildman–Crippen LogP) is 4.29. The monoisotopic (exact) mass is 346 g/mol. The van der Waals surface area contributed by atoms with Gasteiger partial charge in [-0.2, -0.15) is 0 Å². The highest BCUT2D eigenvalue weighted by Crippen LogP contribution is 2.32. The molecule has 2 aromatic carbocycles. The zero-order chi connectivity index (χ0) is 18.1. The van der Waals surface area contributed by atoms with Gasteiger partial charge in [-0.05, 0) is 48.4 Å². The Morgan fingerprint density at radius 1 is 1.08 bits per heavy atom. The van der Waals surface area contributed by atoms with Gasteiger partial charge >= 0.3 is 0 Å². The van der Waals surface area contributed by atoms with Gasteiger partial charge in [-0.25, -0.2) is 4.39 Å². The molecule has 0 spiro atoms. The minimum absolute atomic E-state index is 0.0833. The number of benzene rings is 2. The Hall–Kier alpha value is -2.37. The summed E-state index contributed by atoms with van der Waals surface area (Å²) < 4.78 is 35.1. The minimum Gasteiger partial charge on any atom is -0.497 e. The molecule has 25 heavy (non-hydrogen) atoms. The molecule has 0 aliphatic carbocycles. The third-order valence-corrected chi connectivity index (χ3v) is 3.57. The molecule has 0 aliphatic heterocycles. The van der Waals surface area contributed by atoms with Gasteiger partial charge in [0.1, 0.15) is 17.3 Å². The summed E-state index contributed by atoms with van der Waals surface area (Å²) in [6.07, 6.45) is 1.92. The number of hydrogen-bond acceptors (Lipinski definition) is 4. The number of ether oxygens (including phenoxy) is 4. The number of methoxy groups -OCH3 is 2. The third kappa shape index (κ3) is 5.31. The Morgan fingerprint density at radius 3 is 2.48 bits per heavy atom. The third-order valence-electron chi connectivity index (χ3n) is 3.57. The van der Waals surface area contributed by atoms with E-state index in [2.05, 4.69) is 0 Å². The van der Waals surface area contributed by atoms with Crippen LogP contribution in [0.25, 0.3) is 5.57 Å². The maximum atomic E-state index is 13.9. The standard InChI is InChI=1S/C20H23FO4/c1-4-24-12-11-18(15-5-8-17(23-3)9-6-15)19-13-16(21)7-10-20(19)25-14-22-2/h5-11,13H,4,12,14H2,1-3H3/b18-11-. The first-order valence-electron chi connectivity index (χ1n) is 8.03. The van der Waals surface area contributed by atoms with Gasteiger partial charge in [-0.1, -0.05) is 18.2 Å². The SMILES string of the molecule is CCOC/C=C(/c1ccc(OC)cc1)c1cc(F)ccc1OCOC. The highest BCUT2D eigenvalue weighted by Gasteiger charge is 2.13. The summed E-state index contributed by atoms with van der Waals surface area (Å²) in [5.74, 6) is 0.959. The largest absolute Gasteiger partial charge is 0.497 e. The van der Waals surface area contributed by atoms with Gasteiger partial charge < -0.3 is 18.9 Å². The van der Waals surface area contributed by atoms with Gasteiger partial charge in [0.25, 0.3) is 0 Å². The zero-order valence-corrected chi connectivity index (χ0v) is 14.8. The molecule has 134 valence electrons. The molecular formula is C20H23FO4. The molecule has 2 rings (SSSR count). The molecule has 0 fully saturated rings. The molecule has 0 atom stereocenters. The molecule has 0 saturated heterocycles. The van der Waals surface area contributed by atoms with Gasteiger partial charge in [0.15, 0.2) is 6.79 Å². The summed E-state index contributed by atoms with van der Waals surface area (Å²) >= 11 is 0. The van der Waals surface area contributed by atoms with E-state index in [1.807, 2.05) is 37.3 Å². The predicted molar refractivity (Wildman–Crippen MR) is 95.5 cm³/mol. The van der Waals surface area contributed by atoms with E-state index in [1.54, 1.807) is 20.3 Å². The van der Waals surface area contributed by atoms with Crippen molar-refractivity contribution < 1.29 is 23.3 Å². The molecule has 0 saturated carbocycles. The fourth-order valence-corrected chi connectivity index (χ4v) is 2.37. The van der Waals surface area contributed by atoms with Crippen molar-refractivity contribution in [3.63, 3.8) is 0 Å². The molecular weight excluding hydrogens is 323 g/mol. The van der Waals surface area contributed by atoms with Crippen molar-refractivity contribution in [3.05, 3.63) is 65.5 Å². The van der Waals surface area contributed by atoms with E-state index in [9.17, 15) is 4.39 Å². The first kappa shape index (κ1) is 19.0. The van der Waals surface area contributed by atoms with Gasteiger partial charge in [-0.15, -0.1) is 0 Å². The molecule has 0 heterocycles. The van der Waals surface area contributed by atoms with Crippen molar-refractivity contribution in [1.82, 2.24) is 0 Å². The maximum absolute atomic E-state index is 13.9. The molecule has 2 aromatic rings. The molecule has 0 aromatic heterocycles. The van der Waals surface area contributed by atoms with Crippen LogP contribution in [-0.4, -0.2) is 34.2 Å². The van der Waals surface area contributed by atoms with Crippen LogP contribution >= 0.6 is 0 Å². The van der Waals surface area contributed by atoms with Gasteiger partial charge in [0.05, 0.1) is 13.7 Å². The van der Waals surface area contributed by atoms with Crippen molar-refractivity contribution in [2.24, 2.45) is 0 Å². The lowest BCUT2D eigenvalue weighted by atomic mass is 9.96. The Balaban J connectivity index is 2.47.